The second-order valence-corrected chi connectivity index (χ2v) is 3.12. The van der Waals surface area contributed by atoms with Gasteiger partial charge in [-0.25, -0.2) is 0 Å². The zero-order chi connectivity index (χ0) is 9.10. The highest BCUT2D eigenvalue weighted by Crippen LogP contribution is 2.10. The first-order valence-electron chi connectivity index (χ1n) is 4.00. The Kier molecular flexibility index (Phi) is 2.23. The largest absolute Gasteiger partial charge is 0.472 e. The fourth-order valence-electron chi connectivity index (χ4n) is 1.15. The van der Waals surface area contributed by atoms with Gasteiger partial charge in [-0.1, -0.05) is 42.5 Å². The molecule has 0 saturated heterocycles. The van der Waals surface area contributed by atoms with Gasteiger partial charge >= 0.3 is 0 Å². The summed E-state index contributed by atoms with van der Waals surface area (Å²) in [6.07, 6.45) is 3.29. The summed E-state index contributed by atoms with van der Waals surface area (Å²) in [7, 11) is 0. The predicted octanol–water partition coefficient (Wildman–Crippen LogP) is 3.05. The van der Waals surface area contributed by atoms with Gasteiger partial charge in [0.15, 0.2) is 0 Å². The maximum atomic E-state index is 5.28. The quantitative estimate of drug-likeness (QED) is 0.530. The first kappa shape index (κ1) is 8.20. The van der Waals surface area contributed by atoms with Crippen molar-refractivity contribution in [3.05, 3.63) is 60.1 Å². The topological polar surface area (TPSA) is 13.1 Å². The molecule has 2 heteroatoms. The minimum absolute atomic E-state index is 0.828. The van der Waals surface area contributed by atoms with E-state index in [0.29, 0.717) is 0 Å². The van der Waals surface area contributed by atoms with Crippen LogP contribution in [0, 0.1) is 0 Å². The second-order valence-electron chi connectivity index (χ2n) is 2.71. The molecule has 2 aromatic rings. The van der Waals surface area contributed by atoms with Gasteiger partial charge in [-0.3, -0.25) is 0 Å². The van der Waals surface area contributed by atoms with Crippen molar-refractivity contribution in [2.45, 2.75) is 0 Å². The molecule has 0 bridgehead atoms. The van der Waals surface area contributed by atoms with Gasteiger partial charge in [0.05, 0.1) is 17.4 Å². The van der Waals surface area contributed by atoms with E-state index >= 15 is 0 Å². The molecule has 0 radical (unpaired) electrons. The summed E-state index contributed by atoms with van der Waals surface area (Å²) in [5, 5.41) is 0. The van der Waals surface area contributed by atoms with Crippen LogP contribution in [0.2, 0.25) is 0 Å². The number of benzene rings is 1. The highest BCUT2D eigenvalue weighted by Gasteiger charge is 2.03. The van der Waals surface area contributed by atoms with Gasteiger partial charge < -0.3 is 4.42 Å². The molecule has 0 aliphatic rings. The lowest BCUT2D eigenvalue weighted by Crippen LogP contribution is -1.96. The molecule has 0 saturated carbocycles. The third-order valence-electron chi connectivity index (χ3n) is 1.82. The van der Waals surface area contributed by atoms with E-state index in [1.54, 1.807) is 12.5 Å². The SMILES string of the molecule is S=C(c1ccccc1)c1ccoc1. The van der Waals surface area contributed by atoms with Crippen LogP contribution >= 0.6 is 12.2 Å². The first-order chi connectivity index (χ1) is 6.38. The van der Waals surface area contributed by atoms with Crippen molar-refractivity contribution in [1.82, 2.24) is 0 Å². The van der Waals surface area contributed by atoms with Crippen LogP contribution in [0.5, 0.6) is 0 Å². The predicted molar refractivity (Wildman–Crippen MR) is 56.0 cm³/mol. The minimum Gasteiger partial charge on any atom is -0.472 e. The molecule has 0 aliphatic heterocycles. The fourth-order valence-corrected chi connectivity index (χ4v) is 1.40. The van der Waals surface area contributed by atoms with Crippen LogP contribution in [-0.2, 0) is 0 Å². The Bertz CT molecular complexity index is 389. The van der Waals surface area contributed by atoms with E-state index < -0.39 is 0 Å². The summed E-state index contributed by atoms with van der Waals surface area (Å²) in [6.45, 7) is 0. The lowest BCUT2D eigenvalue weighted by molar-refractivity contribution is 0.567. The van der Waals surface area contributed by atoms with E-state index in [1.165, 1.54) is 0 Å². The molecule has 0 N–H and O–H groups in total. The van der Waals surface area contributed by atoms with Crippen molar-refractivity contribution in [3.8, 4) is 0 Å². The maximum absolute atomic E-state index is 5.28. The lowest BCUT2D eigenvalue weighted by Gasteiger charge is -1.98. The number of furan rings is 1. The Morgan fingerprint density at radius 2 is 1.77 bits per heavy atom. The van der Waals surface area contributed by atoms with E-state index in [9.17, 15) is 0 Å². The Morgan fingerprint density at radius 1 is 1.00 bits per heavy atom. The van der Waals surface area contributed by atoms with Gasteiger partial charge in [0.2, 0.25) is 0 Å². The number of hydrogen-bond donors (Lipinski definition) is 0. The lowest BCUT2D eigenvalue weighted by atomic mass is 10.1. The highest BCUT2D eigenvalue weighted by molar-refractivity contribution is 7.81. The standard InChI is InChI=1S/C11H8OS/c13-11(10-6-7-12-8-10)9-4-2-1-3-5-9/h1-8H. The Hall–Kier alpha value is -1.41. The molecule has 1 aromatic heterocycles. The summed E-state index contributed by atoms with van der Waals surface area (Å²) in [5.74, 6) is 0. The van der Waals surface area contributed by atoms with E-state index in [4.69, 9.17) is 16.6 Å². The molecule has 0 atom stereocenters. The zero-order valence-electron chi connectivity index (χ0n) is 6.94. The highest BCUT2D eigenvalue weighted by atomic mass is 32.1. The third-order valence-corrected chi connectivity index (χ3v) is 2.29. The Labute approximate surface area is 82.0 Å². The molecular formula is C11H8OS. The average molecular weight is 188 g/mol. The maximum Gasteiger partial charge on any atom is 0.0989 e. The molecule has 0 fully saturated rings. The van der Waals surface area contributed by atoms with E-state index in [2.05, 4.69) is 0 Å². The molecule has 0 aliphatic carbocycles. The summed E-state index contributed by atoms with van der Waals surface area (Å²) in [4.78, 5) is 0.828. The molecule has 64 valence electrons. The molecule has 1 nitrogen and oxygen atoms in total. The monoisotopic (exact) mass is 188 g/mol. The van der Waals surface area contributed by atoms with Gasteiger partial charge in [0, 0.05) is 5.56 Å². The van der Waals surface area contributed by atoms with Gasteiger partial charge in [-0.15, -0.1) is 0 Å². The van der Waals surface area contributed by atoms with Crippen LogP contribution in [0.15, 0.2) is 53.3 Å². The van der Waals surface area contributed by atoms with E-state index in [1.807, 2.05) is 36.4 Å². The van der Waals surface area contributed by atoms with Crippen LogP contribution in [-0.4, -0.2) is 4.86 Å². The van der Waals surface area contributed by atoms with Crippen molar-refractivity contribution in [2.24, 2.45) is 0 Å². The molecule has 1 aromatic carbocycles. The Morgan fingerprint density at radius 3 is 2.38 bits per heavy atom. The summed E-state index contributed by atoms with van der Waals surface area (Å²) in [5.41, 5.74) is 2.01. The number of hydrogen-bond acceptors (Lipinski definition) is 2. The number of rotatable bonds is 2. The van der Waals surface area contributed by atoms with Crippen molar-refractivity contribution in [2.75, 3.05) is 0 Å². The molecule has 1 heterocycles. The van der Waals surface area contributed by atoms with Crippen molar-refractivity contribution < 1.29 is 4.42 Å². The van der Waals surface area contributed by atoms with E-state index in [0.717, 1.165) is 16.0 Å². The van der Waals surface area contributed by atoms with Crippen LogP contribution in [0.4, 0.5) is 0 Å². The normalized spacial score (nSPS) is 9.85. The van der Waals surface area contributed by atoms with Crippen molar-refractivity contribution in [1.29, 1.82) is 0 Å². The van der Waals surface area contributed by atoms with E-state index in [-0.39, 0.29) is 0 Å². The molecular weight excluding hydrogens is 180 g/mol. The average Bonchev–Trinajstić information content (AvgIpc) is 2.71. The Balaban J connectivity index is 2.34. The van der Waals surface area contributed by atoms with Crippen LogP contribution < -0.4 is 0 Å². The van der Waals surface area contributed by atoms with Crippen molar-refractivity contribution >= 4 is 17.1 Å². The smallest absolute Gasteiger partial charge is 0.0989 e. The summed E-state index contributed by atoms with van der Waals surface area (Å²) >= 11 is 5.28. The van der Waals surface area contributed by atoms with Crippen LogP contribution in [0.25, 0.3) is 0 Å². The molecule has 0 spiro atoms. The first-order valence-corrected chi connectivity index (χ1v) is 4.41. The van der Waals surface area contributed by atoms with Gasteiger partial charge in [-0.2, -0.15) is 0 Å². The molecule has 2 rings (SSSR count). The third kappa shape index (κ3) is 1.68. The second kappa shape index (κ2) is 3.54. The molecule has 0 amide bonds. The molecule has 0 unspecified atom stereocenters. The minimum atomic E-state index is 0.828. The van der Waals surface area contributed by atoms with Gasteiger partial charge in [0.1, 0.15) is 0 Å². The van der Waals surface area contributed by atoms with Gasteiger partial charge in [-0.05, 0) is 11.6 Å². The number of thiocarbonyl (C=S) groups is 1. The molecule has 13 heavy (non-hydrogen) atoms. The van der Waals surface area contributed by atoms with Crippen molar-refractivity contribution in [3.63, 3.8) is 0 Å². The zero-order valence-corrected chi connectivity index (χ0v) is 7.75. The van der Waals surface area contributed by atoms with Gasteiger partial charge in [0.25, 0.3) is 0 Å². The fraction of sp³-hybridized carbons (Fsp3) is 0. The summed E-state index contributed by atoms with van der Waals surface area (Å²) in [6, 6.07) is 11.8. The summed E-state index contributed by atoms with van der Waals surface area (Å²) < 4.78 is 4.97. The van der Waals surface area contributed by atoms with Crippen LogP contribution in [0.1, 0.15) is 11.1 Å². The van der Waals surface area contributed by atoms with Crippen LogP contribution in [0.3, 0.4) is 0 Å².